The van der Waals surface area contributed by atoms with Crippen LogP contribution in [0.5, 0.6) is 0 Å². The van der Waals surface area contributed by atoms with Crippen LogP contribution in [0, 0.1) is 0 Å². The summed E-state index contributed by atoms with van der Waals surface area (Å²) in [7, 11) is 0. The first-order chi connectivity index (χ1) is 8.69. The van der Waals surface area contributed by atoms with Gasteiger partial charge in [-0.3, -0.25) is 0 Å². The molecule has 0 amide bonds. The van der Waals surface area contributed by atoms with Crippen LogP contribution in [-0.2, 0) is 9.53 Å². The molecular formula is C11H22O7. The topological polar surface area (TPSA) is 127 Å². The number of carbonyl (C=O) groups is 1. The molecule has 5 N–H and O–H groups in total. The Hall–Kier alpha value is -0.570. The monoisotopic (exact) mass is 267 g/mol. The van der Waals surface area contributed by atoms with E-state index in [-0.39, 0.29) is 6.42 Å². The summed E-state index contributed by atoms with van der Waals surface area (Å²) < 4.78 is 12.1. The Labute approximate surface area is 107 Å². The zero-order valence-electron chi connectivity index (χ0n) is 11.5. The summed E-state index contributed by atoms with van der Waals surface area (Å²) in [4.78, 5) is 11.0. The zero-order valence-corrected chi connectivity index (χ0v) is 10.5. The van der Waals surface area contributed by atoms with E-state index in [1.165, 1.54) is 6.92 Å². The predicted molar refractivity (Wildman–Crippen MR) is 61.8 cm³/mol. The number of carbonyl (C=O) groups excluding carboxylic acids is 1. The lowest BCUT2D eigenvalue weighted by atomic mass is 10.0. The molecule has 108 valence electrons. The van der Waals surface area contributed by atoms with Crippen molar-refractivity contribution in [2.45, 2.75) is 50.3 Å². The maximum absolute atomic E-state index is 11.0. The van der Waals surface area contributed by atoms with Crippen molar-refractivity contribution in [3.8, 4) is 0 Å². The highest BCUT2D eigenvalue weighted by molar-refractivity contribution is 5.61. The molecule has 0 aromatic carbocycles. The number of aldehydes is 1. The molecule has 0 aliphatic rings. The fraction of sp³-hybridized carbons (Fsp3) is 0.909. The SMILES string of the molecule is [2H]C(=O)C(C)(CC)OC[C@@H](O)[C@@H](O)[C@H](O)[C@@H](O)CO. The summed E-state index contributed by atoms with van der Waals surface area (Å²) in [6.45, 7) is 1.73. The molecule has 0 aromatic heterocycles. The van der Waals surface area contributed by atoms with Crippen molar-refractivity contribution < 1.29 is 36.4 Å². The zero-order chi connectivity index (χ0) is 15.2. The lowest BCUT2D eigenvalue weighted by molar-refractivity contribution is -0.153. The fourth-order valence-corrected chi connectivity index (χ4v) is 1.13. The van der Waals surface area contributed by atoms with Gasteiger partial charge in [-0.25, -0.2) is 0 Å². The minimum absolute atomic E-state index is 0.208. The van der Waals surface area contributed by atoms with Crippen molar-refractivity contribution in [1.82, 2.24) is 0 Å². The van der Waals surface area contributed by atoms with Crippen molar-refractivity contribution in [1.29, 1.82) is 0 Å². The van der Waals surface area contributed by atoms with E-state index in [0.717, 1.165) is 0 Å². The first-order valence-corrected chi connectivity index (χ1v) is 5.67. The molecule has 0 heterocycles. The first-order valence-electron chi connectivity index (χ1n) is 6.17. The summed E-state index contributed by atoms with van der Waals surface area (Å²) in [5, 5.41) is 46.2. The van der Waals surface area contributed by atoms with Crippen molar-refractivity contribution in [2.24, 2.45) is 0 Å². The summed E-state index contributed by atoms with van der Waals surface area (Å²) in [6, 6.07) is 0. The largest absolute Gasteiger partial charge is 0.394 e. The number of aliphatic hydroxyl groups excluding tert-OH is 5. The van der Waals surface area contributed by atoms with Crippen LogP contribution in [0.4, 0.5) is 0 Å². The van der Waals surface area contributed by atoms with Gasteiger partial charge in [-0.1, -0.05) is 6.92 Å². The third kappa shape index (κ3) is 4.97. The van der Waals surface area contributed by atoms with Gasteiger partial charge >= 0.3 is 0 Å². The second-order valence-electron chi connectivity index (χ2n) is 4.30. The molecule has 1 unspecified atom stereocenters. The van der Waals surface area contributed by atoms with E-state index >= 15 is 0 Å². The van der Waals surface area contributed by atoms with Crippen LogP contribution < -0.4 is 0 Å². The van der Waals surface area contributed by atoms with Crippen molar-refractivity contribution in [3.63, 3.8) is 0 Å². The van der Waals surface area contributed by atoms with E-state index in [4.69, 9.17) is 16.3 Å². The smallest absolute Gasteiger partial charge is 0.151 e. The molecule has 0 rings (SSSR count). The average molecular weight is 267 g/mol. The van der Waals surface area contributed by atoms with Crippen molar-refractivity contribution in [2.75, 3.05) is 13.2 Å². The van der Waals surface area contributed by atoms with Crippen molar-refractivity contribution in [3.05, 3.63) is 0 Å². The molecule has 0 fully saturated rings. The maximum atomic E-state index is 11.0. The van der Waals surface area contributed by atoms with E-state index in [1.807, 2.05) is 0 Å². The molecule has 7 nitrogen and oxygen atoms in total. The number of hydrogen-bond donors (Lipinski definition) is 5. The van der Waals surface area contributed by atoms with E-state index in [2.05, 4.69) is 0 Å². The molecule has 0 saturated heterocycles. The standard InChI is InChI=1S/C11H22O7/c1-3-11(2,6-13)18-5-8(15)10(17)9(16)7(14)4-12/h6-10,12,14-17H,3-5H2,1-2H3/t7-,8+,9+,10+,11?/m0/s1/i6D. The van der Waals surface area contributed by atoms with Crippen LogP contribution in [0.2, 0.25) is 0 Å². The molecule has 0 spiro atoms. The summed E-state index contributed by atoms with van der Waals surface area (Å²) in [5.41, 5.74) is -1.40. The number of aliphatic hydroxyl groups is 5. The van der Waals surface area contributed by atoms with Crippen LogP contribution in [0.3, 0.4) is 0 Å². The predicted octanol–water partition coefficient (Wildman–Crippen LogP) is -2.19. The second-order valence-corrected chi connectivity index (χ2v) is 4.30. The van der Waals surface area contributed by atoms with Crippen LogP contribution >= 0.6 is 0 Å². The van der Waals surface area contributed by atoms with Gasteiger partial charge in [0.1, 0.15) is 31.4 Å². The average Bonchev–Trinajstić information content (AvgIpc) is 2.41. The van der Waals surface area contributed by atoms with Gasteiger partial charge in [0.15, 0.2) is 6.26 Å². The van der Waals surface area contributed by atoms with Gasteiger partial charge in [0, 0.05) is 0 Å². The highest BCUT2D eigenvalue weighted by atomic mass is 16.5. The number of ether oxygens (including phenoxy) is 1. The van der Waals surface area contributed by atoms with E-state index in [0.29, 0.717) is 0 Å². The summed E-state index contributed by atoms with van der Waals surface area (Å²) in [6.07, 6.45) is -7.42. The van der Waals surface area contributed by atoms with E-state index in [9.17, 15) is 20.1 Å². The molecule has 0 aromatic rings. The Kier molecular flexibility index (Phi) is 6.69. The highest BCUT2D eigenvalue weighted by Gasteiger charge is 2.32. The van der Waals surface area contributed by atoms with Gasteiger partial charge in [0.05, 0.1) is 13.2 Å². The van der Waals surface area contributed by atoms with Gasteiger partial charge in [0.25, 0.3) is 0 Å². The van der Waals surface area contributed by atoms with E-state index in [1.54, 1.807) is 6.92 Å². The summed E-state index contributed by atoms with van der Waals surface area (Å²) >= 11 is 0. The van der Waals surface area contributed by atoms with Gasteiger partial charge in [-0.2, -0.15) is 0 Å². The van der Waals surface area contributed by atoms with Crippen LogP contribution in [0.15, 0.2) is 0 Å². The minimum atomic E-state index is -1.75. The molecule has 7 heteroatoms. The van der Waals surface area contributed by atoms with Gasteiger partial charge < -0.3 is 35.1 Å². The Morgan fingerprint density at radius 2 is 1.78 bits per heavy atom. The normalized spacial score (nSPS) is 22.5. The maximum Gasteiger partial charge on any atom is 0.151 e. The van der Waals surface area contributed by atoms with Gasteiger partial charge in [-0.15, -0.1) is 0 Å². The van der Waals surface area contributed by atoms with Crippen molar-refractivity contribution >= 4 is 6.26 Å². The Morgan fingerprint density at radius 1 is 1.28 bits per heavy atom. The molecule has 5 atom stereocenters. The highest BCUT2D eigenvalue weighted by Crippen LogP contribution is 2.14. The second kappa shape index (κ2) is 7.78. The van der Waals surface area contributed by atoms with Crippen LogP contribution in [0.25, 0.3) is 0 Å². The molecule has 0 radical (unpaired) electrons. The van der Waals surface area contributed by atoms with Crippen LogP contribution in [-0.4, -0.2) is 75.0 Å². The molecule has 0 aliphatic heterocycles. The third-order valence-electron chi connectivity index (χ3n) is 2.79. The summed E-state index contributed by atoms with van der Waals surface area (Å²) in [5.74, 6) is 0. The quantitative estimate of drug-likeness (QED) is 0.300. The third-order valence-corrected chi connectivity index (χ3v) is 2.79. The Bertz CT molecular complexity index is 288. The molecule has 18 heavy (non-hydrogen) atoms. The molecule has 0 aliphatic carbocycles. The van der Waals surface area contributed by atoms with E-state index < -0.39 is 49.5 Å². The molecular weight excluding hydrogens is 244 g/mol. The number of rotatable bonds is 9. The van der Waals surface area contributed by atoms with Gasteiger partial charge in [-0.05, 0) is 13.3 Å². The Morgan fingerprint density at radius 3 is 2.17 bits per heavy atom. The van der Waals surface area contributed by atoms with Gasteiger partial charge in [0.2, 0.25) is 0 Å². The lowest BCUT2D eigenvalue weighted by Crippen LogP contribution is -2.48. The Balaban J connectivity index is 4.45. The van der Waals surface area contributed by atoms with Crippen LogP contribution in [0.1, 0.15) is 21.6 Å². The lowest BCUT2D eigenvalue weighted by Gasteiger charge is -2.28. The minimum Gasteiger partial charge on any atom is -0.394 e. The fourth-order valence-electron chi connectivity index (χ4n) is 1.13. The molecule has 0 bridgehead atoms. The molecule has 0 saturated carbocycles. The first kappa shape index (κ1) is 15.5. The number of hydrogen-bond acceptors (Lipinski definition) is 7.